The van der Waals surface area contributed by atoms with Crippen molar-refractivity contribution >= 4 is 45.7 Å². The minimum absolute atomic E-state index is 0.302. The van der Waals surface area contributed by atoms with Gasteiger partial charge in [-0.3, -0.25) is 14.5 Å². The third-order valence-corrected chi connectivity index (χ3v) is 3.39. The second kappa shape index (κ2) is 5.40. The first kappa shape index (κ1) is 12.8. The second-order valence-electron chi connectivity index (χ2n) is 3.78. The number of aromatic nitrogens is 4. The summed E-state index contributed by atoms with van der Waals surface area (Å²) in [6, 6.07) is 5.57. The van der Waals surface area contributed by atoms with Crippen LogP contribution in [-0.2, 0) is 4.79 Å². The maximum atomic E-state index is 11.7. The number of nitrogens with zero attached hydrogens (tertiary/aromatic N) is 4. The highest BCUT2D eigenvalue weighted by molar-refractivity contribution is 7.13. The van der Waals surface area contributed by atoms with Crippen LogP contribution in [0.3, 0.4) is 0 Å². The number of carbonyl (C=O) groups excluding carboxylic acids is 1. The fraction of sp³-hybridized carbons (Fsp3) is 0. The van der Waals surface area contributed by atoms with Crippen molar-refractivity contribution in [3.63, 3.8) is 0 Å². The van der Waals surface area contributed by atoms with Crippen LogP contribution in [-0.4, -0.2) is 25.5 Å². The number of imidazole rings is 1. The van der Waals surface area contributed by atoms with E-state index in [0.29, 0.717) is 16.0 Å². The van der Waals surface area contributed by atoms with Crippen molar-refractivity contribution < 1.29 is 4.79 Å². The summed E-state index contributed by atoms with van der Waals surface area (Å²) < 4.78 is 1.80. The van der Waals surface area contributed by atoms with Gasteiger partial charge >= 0.3 is 0 Å². The maximum Gasteiger partial charge on any atom is 0.250 e. The molecule has 0 unspecified atom stereocenters. The Morgan fingerprint density at radius 3 is 3.15 bits per heavy atom. The highest BCUT2D eigenvalue weighted by atomic mass is 35.5. The highest BCUT2D eigenvalue weighted by Crippen LogP contribution is 2.19. The Labute approximate surface area is 122 Å². The second-order valence-corrected chi connectivity index (χ2v) is 4.97. The lowest BCUT2D eigenvalue weighted by atomic mass is 10.4. The minimum Gasteiger partial charge on any atom is -0.299 e. The lowest BCUT2D eigenvalue weighted by Crippen LogP contribution is -2.07. The number of anilines is 1. The van der Waals surface area contributed by atoms with Crippen molar-refractivity contribution in [3.05, 3.63) is 46.8 Å². The summed E-state index contributed by atoms with van der Waals surface area (Å²) in [5.41, 5.74) is 2.91. The van der Waals surface area contributed by atoms with Gasteiger partial charge in [0, 0.05) is 12.3 Å². The molecule has 0 bridgehead atoms. The number of fused-ring (bicyclic) bond motifs is 1. The molecule has 3 heterocycles. The van der Waals surface area contributed by atoms with Gasteiger partial charge in [0.2, 0.25) is 11.0 Å². The summed E-state index contributed by atoms with van der Waals surface area (Å²) in [6.07, 6.45) is 4.82. The van der Waals surface area contributed by atoms with Gasteiger partial charge in [0.25, 0.3) is 0 Å². The molecule has 0 aliphatic heterocycles. The molecule has 3 aromatic heterocycles. The quantitative estimate of drug-likeness (QED) is 0.755. The number of nitrogens with one attached hydrogen (secondary N) is 1. The predicted octanol–water partition coefficient (Wildman–Crippen LogP) is 2.49. The summed E-state index contributed by atoms with van der Waals surface area (Å²) in [4.78, 5) is 15.9. The average molecular weight is 306 g/mol. The normalized spacial score (nSPS) is 11.2. The van der Waals surface area contributed by atoms with Crippen LogP contribution in [0.25, 0.3) is 11.7 Å². The van der Waals surface area contributed by atoms with E-state index in [1.165, 1.54) is 17.4 Å². The van der Waals surface area contributed by atoms with E-state index < -0.39 is 0 Å². The molecule has 0 aromatic carbocycles. The fourth-order valence-electron chi connectivity index (χ4n) is 1.66. The molecule has 6 nitrogen and oxygen atoms in total. The van der Waals surface area contributed by atoms with E-state index in [0.717, 1.165) is 5.65 Å². The van der Waals surface area contributed by atoms with Crippen LogP contribution in [0.1, 0.15) is 5.69 Å². The zero-order valence-corrected chi connectivity index (χ0v) is 11.6. The van der Waals surface area contributed by atoms with Gasteiger partial charge in [-0.2, -0.15) is 0 Å². The van der Waals surface area contributed by atoms with Gasteiger partial charge in [0.05, 0.1) is 5.69 Å². The van der Waals surface area contributed by atoms with E-state index in [1.807, 2.05) is 24.4 Å². The number of hydrogen-bond acceptors (Lipinski definition) is 5. The third-order valence-electron chi connectivity index (χ3n) is 2.50. The van der Waals surface area contributed by atoms with Crippen molar-refractivity contribution in [2.45, 2.75) is 0 Å². The number of amides is 1. The van der Waals surface area contributed by atoms with Crippen LogP contribution in [0.5, 0.6) is 0 Å². The van der Waals surface area contributed by atoms with Gasteiger partial charge < -0.3 is 0 Å². The van der Waals surface area contributed by atoms with Crippen molar-refractivity contribution in [3.8, 4) is 0 Å². The van der Waals surface area contributed by atoms with Gasteiger partial charge in [-0.15, -0.1) is 10.2 Å². The van der Waals surface area contributed by atoms with Crippen molar-refractivity contribution in [1.29, 1.82) is 0 Å². The Kier molecular flexibility index (Phi) is 3.44. The van der Waals surface area contributed by atoms with E-state index >= 15 is 0 Å². The van der Waals surface area contributed by atoms with Crippen LogP contribution < -0.4 is 5.32 Å². The maximum absolute atomic E-state index is 11.7. The largest absolute Gasteiger partial charge is 0.299 e. The van der Waals surface area contributed by atoms with Gasteiger partial charge in [0.1, 0.15) is 11.2 Å². The number of pyridine rings is 1. The minimum atomic E-state index is -0.302. The SMILES string of the molecule is O=C(/C=C/c1c(Cl)nc2ccccn12)Nc1nncs1. The average Bonchev–Trinajstić information content (AvgIpc) is 3.03. The Balaban J connectivity index is 1.83. The zero-order chi connectivity index (χ0) is 13.9. The molecule has 0 saturated carbocycles. The van der Waals surface area contributed by atoms with Crippen LogP contribution in [0.15, 0.2) is 36.0 Å². The molecule has 3 aromatic rings. The molecule has 3 rings (SSSR count). The molecule has 0 spiro atoms. The number of hydrogen-bond donors (Lipinski definition) is 1. The molecule has 0 aliphatic carbocycles. The van der Waals surface area contributed by atoms with E-state index in [1.54, 1.807) is 16.0 Å². The van der Waals surface area contributed by atoms with Crippen molar-refractivity contribution in [2.75, 3.05) is 5.32 Å². The van der Waals surface area contributed by atoms with Gasteiger partial charge in [0.15, 0.2) is 5.15 Å². The summed E-state index contributed by atoms with van der Waals surface area (Å²) in [5.74, 6) is -0.302. The standard InChI is InChI=1S/C12H8ClN5OS/c13-11-8(18-6-2-1-3-9(18)15-11)4-5-10(19)16-12-17-14-7-20-12/h1-7H,(H,16,17,19)/b5-4+. The summed E-state index contributed by atoms with van der Waals surface area (Å²) >= 11 is 7.31. The molecule has 1 amide bonds. The van der Waals surface area contributed by atoms with Gasteiger partial charge in [-0.25, -0.2) is 4.98 Å². The van der Waals surface area contributed by atoms with Crippen molar-refractivity contribution in [2.24, 2.45) is 0 Å². The molecule has 1 N–H and O–H groups in total. The molecule has 100 valence electrons. The Morgan fingerprint density at radius 2 is 2.35 bits per heavy atom. The third kappa shape index (κ3) is 2.54. The molecule has 20 heavy (non-hydrogen) atoms. The first-order chi connectivity index (χ1) is 9.74. The first-order valence-corrected chi connectivity index (χ1v) is 6.87. The van der Waals surface area contributed by atoms with Crippen LogP contribution >= 0.6 is 22.9 Å². The summed E-state index contributed by atoms with van der Waals surface area (Å²) in [5, 5.41) is 10.8. The first-order valence-electron chi connectivity index (χ1n) is 5.62. The molecule has 0 radical (unpaired) electrons. The lowest BCUT2D eigenvalue weighted by Gasteiger charge is -1.96. The lowest BCUT2D eigenvalue weighted by molar-refractivity contribution is -0.111. The molecule has 0 saturated heterocycles. The van der Waals surface area contributed by atoms with Crippen molar-refractivity contribution in [1.82, 2.24) is 19.6 Å². The number of rotatable bonds is 3. The van der Waals surface area contributed by atoms with E-state index in [2.05, 4.69) is 20.5 Å². The van der Waals surface area contributed by atoms with Crippen LogP contribution in [0.4, 0.5) is 5.13 Å². The van der Waals surface area contributed by atoms with Crippen LogP contribution in [0, 0.1) is 0 Å². The summed E-state index contributed by atoms with van der Waals surface area (Å²) in [7, 11) is 0. The smallest absolute Gasteiger partial charge is 0.250 e. The molecule has 0 aliphatic rings. The molecule has 0 fully saturated rings. The number of halogens is 1. The monoisotopic (exact) mass is 305 g/mol. The van der Waals surface area contributed by atoms with Gasteiger partial charge in [-0.1, -0.05) is 29.0 Å². The summed E-state index contributed by atoms with van der Waals surface area (Å²) in [6.45, 7) is 0. The van der Waals surface area contributed by atoms with E-state index in [-0.39, 0.29) is 5.91 Å². The predicted molar refractivity (Wildman–Crippen MR) is 77.8 cm³/mol. The molecule has 0 atom stereocenters. The Morgan fingerprint density at radius 1 is 1.45 bits per heavy atom. The topological polar surface area (TPSA) is 72.2 Å². The number of carbonyl (C=O) groups is 1. The van der Waals surface area contributed by atoms with E-state index in [9.17, 15) is 4.79 Å². The Hall–Kier alpha value is -2.25. The molecular formula is C12H8ClN5OS. The highest BCUT2D eigenvalue weighted by Gasteiger charge is 2.07. The molecular weight excluding hydrogens is 298 g/mol. The zero-order valence-electron chi connectivity index (χ0n) is 10.0. The van der Waals surface area contributed by atoms with Gasteiger partial charge in [-0.05, 0) is 18.2 Å². The van der Waals surface area contributed by atoms with E-state index in [4.69, 9.17) is 11.6 Å². The van der Waals surface area contributed by atoms with Crippen LogP contribution in [0.2, 0.25) is 5.15 Å². The fourth-order valence-corrected chi connectivity index (χ4v) is 2.35. The Bertz CT molecular complexity index is 780. The molecule has 8 heteroatoms.